The molecule has 0 aromatic heterocycles. The molecule has 0 saturated carbocycles. The van der Waals surface area contributed by atoms with Crippen molar-refractivity contribution < 1.29 is 18.0 Å². The molecule has 17 heavy (non-hydrogen) atoms. The summed E-state index contributed by atoms with van der Waals surface area (Å²) in [5.74, 6) is -0.867. The summed E-state index contributed by atoms with van der Waals surface area (Å²) in [5.41, 5.74) is 0. The first-order valence-corrected chi connectivity index (χ1v) is 5.88. The molecule has 0 aliphatic heterocycles. The predicted molar refractivity (Wildman–Crippen MR) is 60.6 cm³/mol. The van der Waals surface area contributed by atoms with Gasteiger partial charge in [0.2, 0.25) is 5.91 Å². The summed E-state index contributed by atoms with van der Waals surface area (Å²) in [6, 6.07) is 0. The van der Waals surface area contributed by atoms with Crippen molar-refractivity contribution in [1.29, 1.82) is 0 Å². The zero-order valence-corrected chi connectivity index (χ0v) is 10.6. The maximum absolute atomic E-state index is 12.3. The fourth-order valence-corrected chi connectivity index (χ4v) is 1.51. The van der Waals surface area contributed by atoms with Crippen LogP contribution in [-0.2, 0) is 4.79 Å². The lowest BCUT2D eigenvalue weighted by Crippen LogP contribution is -2.44. The van der Waals surface area contributed by atoms with Crippen molar-refractivity contribution in [3.8, 4) is 0 Å². The van der Waals surface area contributed by atoms with Crippen molar-refractivity contribution in [3.63, 3.8) is 0 Å². The summed E-state index contributed by atoms with van der Waals surface area (Å²) in [6.45, 7) is 5.38. The SMILES string of the molecule is CCCN(CC(F)(F)F)C(=O)C(C)CNCC. The van der Waals surface area contributed by atoms with E-state index in [0.717, 1.165) is 4.90 Å². The molecule has 1 amide bonds. The lowest BCUT2D eigenvalue weighted by molar-refractivity contribution is -0.163. The minimum atomic E-state index is -4.33. The number of alkyl halides is 3. The van der Waals surface area contributed by atoms with Gasteiger partial charge in [-0.05, 0) is 13.0 Å². The molecule has 0 aromatic rings. The van der Waals surface area contributed by atoms with Gasteiger partial charge in [-0.3, -0.25) is 4.79 Å². The normalized spacial score (nSPS) is 13.5. The average molecular weight is 254 g/mol. The fraction of sp³-hybridized carbons (Fsp3) is 0.909. The second-order valence-electron chi connectivity index (χ2n) is 4.08. The third-order valence-corrected chi connectivity index (χ3v) is 2.30. The van der Waals surface area contributed by atoms with Crippen LogP contribution < -0.4 is 5.32 Å². The Labute approximate surface area is 100 Å². The Kier molecular flexibility index (Phi) is 7.18. The van der Waals surface area contributed by atoms with E-state index in [-0.39, 0.29) is 6.54 Å². The van der Waals surface area contributed by atoms with Crippen molar-refractivity contribution in [1.82, 2.24) is 10.2 Å². The van der Waals surface area contributed by atoms with Gasteiger partial charge < -0.3 is 10.2 Å². The van der Waals surface area contributed by atoms with Crippen LogP contribution in [0.3, 0.4) is 0 Å². The van der Waals surface area contributed by atoms with E-state index in [0.29, 0.717) is 19.5 Å². The van der Waals surface area contributed by atoms with E-state index in [4.69, 9.17) is 0 Å². The molecule has 0 heterocycles. The molecule has 1 atom stereocenters. The number of amides is 1. The Hall–Kier alpha value is -0.780. The summed E-state index contributed by atoms with van der Waals surface area (Å²) < 4.78 is 36.9. The lowest BCUT2D eigenvalue weighted by Gasteiger charge is -2.26. The zero-order chi connectivity index (χ0) is 13.5. The fourth-order valence-electron chi connectivity index (χ4n) is 1.51. The van der Waals surface area contributed by atoms with E-state index in [1.165, 1.54) is 0 Å². The van der Waals surface area contributed by atoms with Crippen molar-refractivity contribution in [2.24, 2.45) is 5.92 Å². The smallest absolute Gasteiger partial charge is 0.333 e. The van der Waals surface area contributed by atoms with Crippen LogP contribution in [0.1, 0.15) is 27.2 Å². The molecule has 3 nitrogen and oxygen atoms in total. The quantitative estimate of drug-likeness (QED) is 0.754. The lowest BCUT2D eigenvalue weighted by atomic mass is 10.1. The largest absolute Gasteiger partial charge is 0.406 e. The van der Waals surface area contributed by atoms with Gasteiger partial charge in [0, 0.05) is 19.0 Å². The second kappa shape index (κ2) is 7.53. The Morgan fingerprint density at radius 1 is 1.35 bits per heavy atom. The highest BCUT2D eigenvalue weighted by atomic mass is 19.4. The van der Waals surface area contributed by atoms with Crippen molar-refractivity contribution in [2.75, 3.05) is 26.2 Å². The van der Waals surface area contributed by atoms with Crippen LogP contribution in [0.4, 0.5) is 13.2 Å². The van der Waals surface area contributed by atoms with E-state index in [2.05, 4.69) is 5.32 Å². The number of nitrogens with zero attached hydrogens (tertiary/aromatic N) is 1. The van der Waals surface area contributed by atoms with Gasteiger partial charge in [-0.1, -0.05) is 20.8 Å². The molecule has 1 unspecified atom stereocenters. The van der Waals surface area contributed by atoms with Crippen LogP contribution >= 0.6 is 0 Å². The molecule has 0 bridgehead atoms. The topological polar surface area (TPSA) is 32.3 Å². The number of hydrogen-bond donors (Lipinski definition) is 1. The third kappa shape index (κ3) is 7.20. The van der Waals surface area contributed by atoms with Crippen molar-refractivity contribution in [2.45, 2.75) is 33.4 Å². The molecule has 0 aliphatic carbocycles. The first-order chi connectivity index (χ1) is 7.81. The molecule has 0 fully saturated rings. The highest BCUT2D eigenvalue weighted by Crippen LogP contribution is 2.18. The zero-order valence-electron chi connectivity index (χ0n) is 10.6. The van der Waals surface area contributed by atoms with Crippen LogP contribution in [0.5, 0.6) is 0 Å². The van der Waals surface area contributed by atoms with Gasteiger partial charge in [-0.2, -0.15) is 13.2 Å². The van der Waals surface area contributed by atoms with E-state index in [9.17, 15) is 18.0 Å². The van der Waals surface area contributed by atoms with Gasteiger partial charge in [-0.15, -0.1) is 0 Å². The first kappa shape index (κ1) is 16.2. The summed E-state index contributed by atoms with van der Waals surface area (Å²) in [4.78, 5) is 12.7. The van der Waals surface area contributed by atoms with Crippen LogP contribution in [0.15, 0.2) is 0 Å². The van der Waals surface area contributed by atoms with Crippen molar-refractivity contribution >= 4 is 5.91 Å². The third-order valence-electron chi connectivity index (χ3n) is 2.30. The Bertz CT molecular complexity index is 231. The van der Waals surface area contributed by atoms with Crippen LogP contribution in [-0.4, -0.2) is 43.2 Å². The highest BCUT2D eigenvalue weighted by Gasteiger charge is 2.33. The minimum Gasteiger partial charge on any atom is -0.333 e. The van der Waals surface area contributed by atoms with Gasteiger partial charge in [0.1, 0.15) is 6.54 Å². The summed E-state index contributed by atoms with van der Waals surface area (Å²) >= 11 is 0. The molecular formula is C11H21F3N2O. The maximum Gasteiger partial charge on any atom is 0.406 e. The highest BCUT2D eigenvalue weighted by molar-refractivity contribution is 5.78. The van der Waals surface area contributed by atoms with E-state index in [1.54, 1.807) is 13.8 Å². The van der Waals surface area contributed by atoms with Gasteiger partial charge >= 0.3 is 6.18 Å². The standard InChI is InChI=1S/C11H21F3N2O/c1-4-6-16(8-11(12,13)14)10(17)9(3)7-15-5-2/h9,15H,4-8H2,1-3H3. The van der Waals surface area contributed by atoms with Crippen LogP contribution in [0, 0.1) is 5.92 Å². The summed E-state index contributed by atoms with van der Waals surface area (Å²) in [5, 5.41) is 2.96. The number of halogens is 3. The van der Waals surface area contributed by atoms with Gasteiger partial charge in [0.15, 0.2) is 0 Å². The van der Waals surface area contributed by atoms with Crippen LogP contribution in [0.2, 0.25) is 0 Å². The van der Waals surface area contributed by atoms with Gasteiger partial charge in [-0.25, -0.2) is 0 Å². The molecule has 0 radical (unpaired) electrons. The second-order valence-corrected chi connectivity index (χ2v) is 4.08. The summed E-state index contributed by atoms with van der Waals surface area (Å²) in [7, 11) is 0. The average Bonchev–Trinajstić information content (AvgIpc) is 2.22. The van der Waals surface area contributed by atoms with E-state index < -0.39 is 24.5 Å². The minimum absolute atomic E-state index is 0.148. The number of nitrogens with one attached hydrogen (secondary N) is 1. The number of carbonyl (C=O) groups is 1. The maximum atomic E-state index is 12.3. The Balaban J connectivity index is 4.42. The van der Waals surface area contributed by atoms with Crippen molar-refractivity contribution in [3.05, 3.63) is 0 Å². The molecule has 0 spiro atoms. The molecule has 0 rings (SSSR count). The molecule has 1 N–H and O–H groups in total. The Morgan fingerprint density at radius 3 is 2.35 bits per heavy atom. The Morgan fingerprint density at radius 2 is 1.94 bits per heavy atom. The molecule has 102 valence electrons. The summed E-state index contributed by atoms with van der Waals surface area (Å²) in [6.07, 6.45) is -3.81. The molecule has 0 saturated heterocycles. The number of rotatable bonds is 7. The van der Waals surface area contributed by atoms with Crippen LogP contribution in [0.25, 0.3) is 0 Å². The van der Waals surface area contributed by atoms with Gasteiger partial charge in [0.05, 0.1) is 0 Å². The molecule has 0 aromatic carbocycles. The predicted octanol–water partition coefficient (Wildman–Crippen LogP) is 2.03. The first-order valence-electron chi connectivity index (χ1n) is 5.88. The monoisotopic (exact) mass is 254 g/mol. The van der Waals surface area contributed by atoms with E-state index >= 15 is 0 Å². The van der Waals surface area contributed by atoms with E-state index in [1.807, 2.05) is 6.92 Å². The molecule has 0 aliphatic rings. The van der Waals surface area contributed by atoms with Gasteiger partial charge in [0.25, 0.3) is 0 Å². The number of hydrogen-bond acceptors (Lipinski definition) is 2. The molecule has 6 heteroatoms. The number of carbonyl (C=O) groups excluding carboxylic acids is 1. The molecular weight excluding hydrogens is 233 g/mol.